The number of carboxylic acids is 1. The lowest BCUT2D eigenvalue weighted by atomic mass is 10.3. The minimum absolute atomic E-state index is 0.0802. The molecule has 0 saturated carbocycles. The summed E-state index contributed by atoms with van der Waals surface area (Å²) in [5.74, 6) is -0.952. The molecule has 1 N–H and O–H groups in total. The molecule has 0 bridgehead atoms. The van der Waals surface area contributed by atoms with Gasteiger partial charge >= 0.3 is 5.97 Å². The van der Waals surface area contributed by atoms with Crippen molar-refractivity contribution in [2.24, 2.45) is 0 Å². The first-order valence-corrected chi connectivity index (χ1v) is 7.69. The molecule has 2 rings (SSSR count). The Kier molecular flexibility index (Phi) is 4.41. The molecule has 0 aromatic carbocycles. The molecular weight excluding hydrogens is 286 g/mol. The quantitative estimate of drug-likeness (QED) is 0.806. The molecule has 1 aromatic rings. The Hall–Kier alpha value is -1.45. The number of hydrogen-bond donors (Lipinski definition) is 1. The van der Waals surface area contributed by atoms with Crippen molar-refractivity contribution < 1.29 is 23.1 Å². The lowest BCUT2D eigenvalue weighted by Gasteiger charge is -2.31. The van der Waals surface area contributed by atoms with Crippen molar-refractivity contribution in [3.8, 4) is 0 Å². The fraction of sp³-hybridized carbons (Fsp3) is 0.636. The van der Waals surface area contributed by atoms with Gasteiger partial charge in [0.1, 0.15) is 4.90 Å². The minimum atomic E-state index is -3.61. The molecule has 20 heavy (non-hydrogen) atoms. The van der Waals surface area contributed by atoms with Crippen LogP contribution in [0.15, 0.2) is 17.3 Å². The highest BCUT2D eigenvalue weighted by Crippen LogP contribution is 2.19. The second-order valence-electron chi connectivity index (χ2n) is 4.62. The Bertz CT molecular complexity index is 583. The first-order valence-electron chi connectivity index (χ1n) is 6.25. The van der Waals surface area contributed by atoms with Crippen LogP contribution in [0.3, 0.4) is 0 Å². The maximum Gasteiger partial charge on any atom is 0.305 e. The number of nitrogens with zero attached hydrogens (tertiary/aromatic N) is 3. The maximum atomic E-state index is 12.4. The maximum absolute atomic E-state index is 12.4. The lowest BCUT2D eigenvalue weighted by Crippen LogP contribution is -2.46. The second-order valence-corrected chi connectivity index (χ2v) is 6.51. The zero-order chi connectivity index (χ0) is 14.8. The van der Waals surface area contributed by atoms with E-state index in [-0.39, 0.29) is 23.9 Å². The number of sulfonamides is 1. The van der Waals surface area contributed by atoms with Crippen LogP contribution in [0.5, 0.6) is 0 Å². The number of ether oxygens (including phenoxy) is 1. The number of morpholine rings is 1. The van der Waals surface area contributed by atoms with Crippen molar-refractivity contribution in [2.45, 2.75) is 30.8 Å². The standard InChI is InChI=1S/C11H17N3O5S/c1-9-8-19-5-4-14(9)20(17,18)10-6-12-13(7-10)3-2-11(15)16/h6-7,9H,2-5,8H2,1H3,(H,15,16). The topological polar surface area (TPSA) is 102 Å². The number of carboxylic acid groups (broad SMARTS) is 1. The molecule has 1 atom stereocenters. The van der Waals surface area contributed by atoms with Gasteiger partial charge in [-0.15, -0.1) is 0 Å². The molecule has 0 spiro atoms. The average molecular weight is 303 g/mol. The van der Waals surface area contributed by atoms with Crippen LogP contribution in [0, 0.1) is 0 Å². The van der Waals surface area contributed by atoms with E-state index in [0.29, 0.717) is 19.8 Å². The Morgan fingerprint density at radius 2 is 2.35 bits per heavy atom. The summed E-state index contributed by atoms with van der Waals surface area (Å²) in [5.41, 5.74) is 0. The number of aliphatic carboxylic acids is 1. The van der Waals surface area contributed by atoms with Gasteiger partial charge in [-0.2, -0.15) is 9.40 Å². The number of rotatable bonds is 5. The number of aromatic nitrogens is 2. The van der Waals surface area contributed by atoms with Crippen molar-refractivity contribution in [3.63, 3.8) is 0 Å². The molecular formula is C11H17N3O5S. The van der Waals surface area contributed by atoms with E-state index in [4.69, 9.17) is 9.84 Å². The summed E-state index contributed by atoms with van der Waals surface area (Å²) >= 11 is 0. The number of aryl methyl sites for hydroxylation is 1. The van der Waals surface area contributed by atoms with Gasteiger partial charge < -0.3 is 9.84 Å². The molecule has 9 heteroatoms. The smallest absolute Gasteiger partial charge is 0.305 e. The predicted octanol–water partition coefficient (Wildman–Crippen LogP) is -0.233. The predicted molar refractivity (Wildman–Crippen MR) is 68.7 cm³/mol. The van der Waals surface area contributed by atoms with Crippen molar-refractivity contribution >= 4 is 16.0 Å². The van der Waals surface area contributed by atoms with E-state index in [1.807, 2.05) is 0 Å². The lowest BCUT2D eigenvalue weighted by molar-refractivity contribution is -0.137. The highest BCUT2D eigenvalue weighted by atomic mass is 32.2. The zero-order valence-electron chi connectivity index (χ0n) is 11.1. The van der Waals surface area contributed by atoms with E-state index in [0.717, 1.165) is 0 Å². The summed E-state index contributed by atoms with van der Waals surface area (Å²) in [6.07, 6.45) is 2.51. The number of hydrogen-bond acceptors (Lipinski definition) is 5. The van der Waals surface area contributed by atoms with E-state index in [9.17, 15) is 13.2 Å². The van der Waals surface area contributed by atoms with Crippen LogP contribution in [0.2, 0.25) is 0 Å². The highest BCUT2D eigenvalue weighted by molar-refractivity contribution is 7.89. The third-order valence-corrected chi connectivity index (χ3v) is 5.04. The van der Waals surface area contributed by atoms with E-state index in [2.05, 4.69) is 5.10 Å². The third kappa shape index (κ3) is 3.17. The van der Waals surface area contributed by atoms with Gasteiger partial charge in [-0.25, -0.2) is 8.42 Å². The van der Waals surface area contributed by atoms with Crippen molar-refractivity contribution in [1.29, 1.82) is 0 Å². The molecule has 0 radical (unpaired) electrons. The summed E-state index contributed by atoms with van der Waals surface area (Å²) in [6.45, 7) is 2.97. The van der Waals surface area contributed by atoms with Gasteiger partial charge in [-0.05, 0) is 6.92 Å². The molecule has 1 aliphatic rings. The molecule has 0 aliphatic carbocycles. The van der Waals surface area contributed by atoms with Crippen LogP contribution in [-0.2, 0) is 26.1 Å². The summed E-state index contributed by atoms with van der Waals surface area (Å²) < 4.78 is 32.8. The van der Waals surface area contributed by atoms with Gasteiger partial charge in [-0.1, -0.05) is 0 Å². The largest absolute Gasteiger partial charge is 0.481 e. The Balaban J connectivity index is 2.15. The Morgan fingerprint density at radius 3 is 3.00 bits per heavy atom. The summed E-state index contributed by atoms with van der Waals surface area (Å²) in [6, 6.07) is -0.226. The third-order valence-electron chi connectivity index (χ3n) is 3.08. The van der Waals surface area contributed by atoms with E-state index in [1.165, 1.54) is 21.4 Å². The number of carbonyl (C=O) groups is 1. The van der Waals surface area contributed by atoms with Gasteiger partial charge in [0, 0.05) is 18.8 Å². The van der Waals surface area contributed by atoms with E-state index >= 15 is 0 Å². The van der Waals surface area contributed by atoms with Crippen LogP contribution < -0.4 is 0 Å². The van der Waals surface area contributed by atoms with Crippen LogP contribution in [-0.4, -0.2) is 59.4 Å². The minimum Gasteiger partial charge on any atom is -0.481 e. The summed E-state index contributed by atoms with van der Waals surface area (Å²) in [5, 5.41) is 12.5. The first-order chi connectivity index (χ1) is 9.41. The fourth-order valence-corrected chi connectivity index (χ4v) is 3.57. The molecule has 8 nitrogen and oxygen atoms in total. The molecule has 1 aromatic heterocycles. The monoisotopic (exact) mass is 303 g/mol. The van der Waals surface area contributed by atoms with Crippen molar-refractivity contribution in [3.05, 3.63) is 12.4 Å². The van der Waals surface area contributed by atoms with Crippen molar-refractivity contribution in [2.75, 3.05) is 19.8 Å². The molecule has 1 unspecified atom stereocenters. The van der Waals surface area contributed by atoms with Gasteiger partial charge in [0.15, 0.2) is 0 Å². The van der Waals surface area contributed by atoms with Gasteiger partial charge in [0.25, 0.3) is 0 Å². The fourth-order valence-electron chi connectivity index (χ4n) is 2.01. The molecule has 1 saturated heterocycles. The molecule has 2 heterocycles. The zero-order valence-corrected chi connectivity index (χ0v) is 11.9. The van der Waals surface area contributed by atoms with Gasteiger partial charge in [0.2, 0.25) is 10.0 Å². The van der Waals surface area contributed by atoms with Crippen LogP contribution in [0.4, 0.5) is 0 Å². The van der Waals surface area contributed by atoms with E-state index < -0.39 is 16.0 Å². The van der Waals surface area contributed by atoms with Crippen LogP contribution in [0.25, 0.3) is 0 Å². The molecule has 1 fully saturated rings. The molecule has 112 valence electrons. The highest BCUT2D eigenvalue weighted by Gasteiger charge is 2.32. The summed E-state index contributed by atoms with van der Waals surface area (Å²) in [7, 11) is -3.61. The normalized spacial score (nSPS) is 20.9. The van der Waals surface area contributed by atoms with Crippen LogP contribution >= 0.6 is 0 Å². The van der Waals surface area contributed by atoms with Gasteiger partial charge in [0.05, 0.1) is 32.4 Å². The van der Waals surface area contributed by atoms with Crippen molar-refractivity contribution in [1.82, 2.24) is 14.1 Å². The van der Waals surface area contributed by atoms with Crippen LogP contribution in [0.1, 0.15) is 13.3 Å². The first kappa shape index (κ1) is 14.9. The molecule has 0 amide bonds. The SMILES string of the molecule is CC1COCCN1S(=O)(=O)c1cnn(CCC(=O)O)c1. The Labute approximate surface area is 117 Å². The van der Waals surface area contributed by atoms with Gasteiger partial charge in [-0.3, -0.25) is 9.48 Å². The second kappa shape index (κ2) is 5.90. The summed E-state index contributed by atoms with van der Waals surface area (Å²) in [4.78, 5) is 10.6. The molecule has 1 aliphatic heterocycles. The average Bonchev–Trinajstić information content (AvgIpc) is 2.86. The van der Waals surface area contributed by atoms with E-state index in [1.54, 1.807) is 6.92 Å². The Morgan fingerprint density at radius 1 is 1.60 bits per heavy atom.